The van der Waals surface area contributed by atoms with Gasteiger partial charge in [0.25, 0.3) is 0 Å². The van der Waals surface area contributed by atoms with Gasteiger partial charge >= 0.3 is 0 Å². The van der Waals surface area contributed by atoms with Gasteiger partial charge in [-0.2, -0.15) is 0 Å². The van der Waals surface area contributed by atoms with Crippen molar-refractivity contribution in [3.63, 3.8) is 0 Å². The van der Waals surface area contributed by atoms with Crippen molar-refractivity contribution in [2.45, 2.75) is 38.6 Å². The molecule has 2 N–H and O–H groups in total. The molecule has 0 atom stereocenters. The van der Waals surface area contributed by atoms with Crippen molar-refractivity contribution in [3.8, 4) is 0 Å². The third kappa shape index (κ3) is 6.29. The van der Waals surface area contributed by atoms with Crippen LogP contribution < -0.4 is 10.6 Å². The number of rotatable bonds is 5. The fraction of sp³-hybridized carbons (Fsp3) is 0.500. The van der Waals surface area contributed by atoms with E-state index in [4.69, 9.17) is 0 Å². The molecule has 1 aliphatic carbocycles. The number of halogens is 2. The van der Waals surface area contributed by atoms with Crippen LogP contribution in [0, 0.1) is 5.82 Å². The van der Waals surface area contributed by atoms with Crippen molar-refractivity contribution in [2.75, 3.05) is 13.6 Å². The zero-order valence-corrected chi connectivity index (χ0v) is 15.3. The molecule has 22 heavy (non-hydrogen) atoms. The summed E-state index contributed by atoms with van der Waals surface area (Å²) in [6.07, 6.45) is 10.0. The summed E-state index contributed by atoms with van der Waals surface area (Å²) in [5.74, 6) is 0.379. The topological polar surface area (TPSA) is 49.3 Å². The number of guanidine groups is 1. The molecule has 1 heterocycles. The van der Waals surface area contributed by atoms with E-state index < -0.39 is 0 Å². The Balaban J connectivity index is 0.00000242. The first-order valence-corrected chi connectivity index (χ1v) is 7.51. The Morgan fingerprint density at radius 1 is 1.36 bits per heavy atom. The molecule has 0 radical (unpaired) electrons. The van der Waals surface area contributed by atoms with Gasteiger partial charge in [-0.3, -0.25) is 9.98 Å². The Hall–Kier alpha value is -1.18. The van der Waals surface area contributed by atoms with E-state index in [1.54, 1.807) is 19.3 Å². The maximum Gasteiger partial charge on any atom is 0.191 e. The predicted octanol–water partition coefficient (Wildman–Crippen LogP) is 3.39. The lowest BCUT2D eigenvalue weighted by Crippen LogP contribution is -2.37. The third-order valence-electron chi connectivity index (χ3n) is 3.61. The highest BCUT2D eigenvalue weighted by molar-refractivity contribution is 14.0. The SMILES string of the molecule is CN=C(NCCC1=CCCCC1)NCc1ncccc1F.I. The largest absolute Gasteiger partial charge is 0.356 e. The fourth-order valence-electron chi connectivity index (χ4n) is 2.41. The van der Waals surface area contributed by atoms with E-state index in [1.165, 1.54) is 37.3 Å². The molecule has 0 spiro atoms. The van der Waals surface area contributed by atoms with Gasteiger partial charge in [-0.15, -0.1) is 24.0 Å². The summed E-state index contributed by atoms with van der Waals surface area (Å²) in [5.41, 5.74) is 1.93. The van der Waals surface area contributed by atoms with Gasteiger partial charge in [0.15, 0.2) is 5.96 Å². The molecule has 0 amide bonds. The maximum absolute atomic E-state index is 13.5. The van der Waals surface area contributed by atoms with Gasteiger partial charge in [-0.05, 0) is 44.2 Å². The van der Waals surface area contributed by atoms with E-state index >= 15 is 0 Å². The number of nitrogens with one attached hydrogen (secondary N) is 2. The first kappa shape index (κ1) is 18.9. The van der Waals surface area contributed by atoms with Gasteiger partial charge in [-0.25, -0.2) is 4.39 Å². The number of hydrogen-bond acceptors (Lipinski definition) is 2. The number of allylic oxidation sites excluding steroid dienone is 1. The van der Waals surface area contributed by atoms with E-state index in [-0.39, 0.29) is 29.8 Å². The Kier molecular flexibility index (Phi) is 9.03. The van der Waals surface area contributed by atoms with Crippen LogP contribution in [0.4, 0.5) is 4.39 Å². The molecule has 0 fully saturated rings. The predicted molar refractivity (Wildman–Crippen MR) is 99.0 cm³/mol. The van der Waals surface area contributed by atoms with Gasteiger partial charge < -0.3 is 10.6 Å². The molecule has 4 nitrogen and oxygen atoms in total. The van der Waals surface area contributed by atoms with Crippen LogP contribution in [0.5, 0.6) is 0 Å². The number of hydrogen-bond donors (Lipinski definition) is 2. The van der Waals surface area contributed by atoms with Crippen LogP contribution >= 0.6 is 24.0 Å². The highest BCUT2D eigenvalue weighted by atomic mass is 127. The molecule has 2 rings (SSSR count). The van der Waals surface area contributed by atoms with Crippen LogP contribution in [0.1, 0.15) is 37.8 Å². The summed E-state index contributed by atoms with van der Waals surface area (Å²) in [4.78, 5) is 8.15. The van der Waals surface area contributed by atoms with E-state index in [0.717, 1.165) is 13.0 Å². The Bertz CT molecular complexity index is 517. The smallest absolute Gasteiger partial charge is 0.191 e. The summed E-state index contributed by atoms with van der Waals surface area (Å²) in [5, 5.41) is 6.34. The van der Waals surface area contributed by atoms with Gasteiger partial charge in [0.05, 0.1) is 12.2 Å². The zero-order chi connectivity index (χ0) is 14.9. The van der Waals surface area contributed by atoms with E-state index in [2.05, 4.69) is 26.7 Å². The average Bonchev–Trinajstić information content (AvgIpc) is 2.53. The second-order valence-corrected chi connectivity index (χ2v) is 5.14. The summed E-state index contributed by atoms with van der Waals surface area (Å²) in [6.45, 7) is 1.17. The number of aliphatic imine (C=N–C) groups is 1. The van der Waals surface area contributed by atoms with Crippen LogP contribution in [-0.2, 0) is 6.54 Å². The highest BCUT2D eigenvalue weighted by Crippen LogP contribution is 2.19. The first-order valence-electron chi connectivity index (χ1n) is 7.51. The molecule has 1 aromatic heterocycles. The van der Waals surface area contributed by atoms with E-state index in [9.17, 15) is 4.39 Å². The molecule has 0 aliphatic heterocycles. The minimum Gasteiger partial charge on any atom is -0.356 e. The molecule has 6 heteroatoms. The van der Waals surface area contributed by atoms with Gasteiger partial charge in [0, 0.05) is 19.8 Å². The van der Waals surface area contributed by atoms with Crippen molar-refractivity contribution in [2.24, 2.45) is 4.99 Å². The van der Waals surface area contributed by atoms with Crippen molar-refractivity contribution in [3.05, 3.63) is 41.5 Å². The normalized spacial score (nSPS) is 14.8. The molecule has 0 saturated carbocycles. The lowest BCUT2D eigenvalue weighted by Gasteiger charge is -2.15. The van der Waals surface area contributed by atoms with Crippen LogP contribution in [-0.4, -0.2) is 24.5 Å². The van der Waals surface area contributed by atoms with E-state index in [0.29, 0.717) is 18.2 Å². The van der Waals surface area contributed by atoms with Crippen LogP contribution in [0.2, 0.25) is 0 Å². The summed E-state index contributed by atoms with van der Waals surface area (Å²) < 4.78 is 13.5. The van der Waals surface area contributed by atoms with Crippen LogP contribution in [0.25, 0.3) is 0 Å². The molecule has 1 aromatic rings. The van der Waals surface area contributed by atoms with Crippen molar-refractivity contribution in [1.29, 1.82) is 0 Å². The van der Waals surface area contributed by atoms with Crippen molar-refractivity contribution >= 4 is 29.9 Å². The minimum absolute atomic E-state index is 0. The fourth-order valence-corrected chi connectivity index (χ4v) is 2.41. The quantitative estimate of drug-likeness (QED) is 0.334. The Morgan fingerprint density at radius 3 is 2.91 bits per heavy atom. The number of aromatic nitrogens is 1. The second kappa shape index (κ2) is 10.5. The molecular weight excluding hydrogens is 394 g/mol. The summed E-state index contributed by atoms with van der Waals surface area (Å²) in [7, 11) is 1.71. The summed E-state index contributed by atoms with van der Waals surface area (Å²) in [6, 6.07) is 3.00. The molecule has 122 valence electrons. The molecule has 0 bridgehead atoms. The number of nitrogens with zero attached hydrogens (tertiary/aromatic N) is 2. The molecule has 0 unspecified atom stereocenters. The lowest BCUT2D eigenvalue weighted by molar-refractivity contribution is 0.592. The van der Waals surface area contributed by atoms with E-state index in [1.807, 2.05) is 0 Å². The van der Waals surface area contributed by atoms with Crippen molar-refractivity contribution in [1.82, 2.24) is 15.6 Å². The van der Waals surface area contributed by atoms with Gasteiger partial charge in [0.2, 0.25) is 0 Å². The Labute approximate surface area is 148 Å². The lowest BCUT2D eigenvalue weighted by atomic mass is 9.97. The zero-order valence-electron chi connectivity index (χ0n) is 12.9. The standard InChI is InChI=1S/C16H23FN4.HI/c1-18-16(20-11-9-13-6-3-2-4-7-13)21-12-15-14(17)8-5-10-19-15;/h5-6,8,10H,2-4,7,9,11-12H2,1H3,(H2,18,20,21);1H. The Morgan fingerprint density at radius 2 is 2.23 bits per heavy atom. The maximum atomic E-state index is 13.5. The van der Waals surface area contributed by atoms with Crippen LogP contribution in [0.3, 0.4) is 0 Å². The summed E-state index contributed by atoms with van der Waals surface area (Å²) >= 11 is 0. The highest BCUT2D eigenvalue weighted by Gasteiger charge is 2.05. The first-order chi connectivity index (χ1) is 10.3. The van der Waals surface area contributed by atoms with Crippen molar-refractivity contribution < 1.29 is 4.39 Å². The van der Waals surface area contributed by atoms with Gasteiger partial charge in [-0.1, -0.05) is 11.6 Å². The molecule has 0 saturated heterocycles. The minimum atomic E-state index is -0.298. The third-order valence-corrected chi connectivity index (χ3v) is 3.61. The molecular formula is C16H24FIN4. The average molecular weight is 418 g/mol. The number of pyridine rings is 1. The molecule has 0 aromatic carbocycles. The second-order valence-electron chi connectivity index (χ2n) is 5.14. The monoisotopic (exact) mass is 418 g/mol. The molecule has 1 aliphatic rings. The van der Waals surface area contributed by atoms with Crippen LogP contribution in [0.15, 0.2) is 35.0 Å². The van der Waals surface area contributed by atoms with Gasteiger partial charge in [0.1, 0.15) is 5.82 Å².